The molecule has 0 aromatic heterocycles. The molecule has 6 nitrogen and oxygen atoms in total. The molecule has 1 amide bonds. The number of nitrogens with zero attached hydrogens (tertiary/aromatic N) is 2. The number of amides is 1. The fourth-order valence-electron chi connectivity index (χ4n) is 3.12. The molecule has 2 aromatic carbocycles. The van der Waals surface area contributed by atoms with Crippen molar-refractivity contribution in [2.24, 2.45) is 0 Å². The van der Waals surface area contributed by atoms with Crippen molar-refractivity contribution in [2.45, 2.75) is 18.4 Å². The summed E-state index contributed by atoms with van der Waals surface area (Å²) in [4.78, 5) is 14.1. The van der Waals surface area contributed by atoms with E-state index in [1.807, 2.05) is 0 Å². The molecule has 1 aliphatic heterocycles. The number of hydrogen-bond donors (Lipinski definition) is 0. The normalized spacial score (nSPS) is 15.3. The summed E-state index contributed by atoms with van der Waals surface area (Å²) < 4.78 is 59.9. The Labute approximate surface area is 168 Å². The average molecular weight is 424 g/mol. The highest BCUT2D eigenvalue weighted by atomic mass is 32.2. The van der Waals surface area contributed by atoms with E-state index < -0.39 is 27.6 Å². The molecule has 1 saturated heterocycles. The maximum absolute atomic E-state index is 14.4. The fourth-order valence-corrected chi connectivity index (χ4v) is 4.55. The summed E-state index contributed by atoms with van der Waals surface area (Å²) in [5, 5.41) is 0. The van der Waals surface area contributed by atoms with Crippen LogP contribution >= 0.6 is 0 Å². The van der Waals surface area contributed by atoms with Gasteiger partial charge >= 0.3 is 0 Å². The lowest BCUT2D eigenvalue weighted by molar-refractivity contribution is 0.0729. The molecule has 3 rings (SSSR count). The van der Waals surface area contributed by atoms with Crippen molar-refractivity contribution >= 4 is 15.9 Å². The number of morpholine rings is 1. The summed E-state index contributed by atoms with van der Waals surface area (Å²) >= 11 is 0. The van der Waals surface area contributed by atoms with Gasteiger partial charge in [0, 0.05) is 26.2 Å². The number of halogens is 2. The zero-order valence-corrected chi connectivity index (χ0v) is 16.8. The Morgan fingerprint density at radius 3 is 2.52 bits per heavy atom. The van der Waals surface area contributed by atoms with Crippen molar-refractivity contribution in [3.8, 4) is 0 Å². The van der Waals surface area contributed by atoms with Gasteiger partial charge in [-0.1, -0.05) is 12.1 Å². The van der Waals surface area contributed by atoms with Crippen LogP contribution in [0.4, 0.5) is 8.78 Å². The fraction of sp³-hybridized carbons (Fsp3) is 0.350. The third-order valence-corrected chi connectivity index (χ3v) is 6.60. The maximum atomic E-state index is 14.4. The van der Waals surface area contributed by atoms with Crippen LogP contribution in [0.25, 0.3) is 0 Å². The summed E-state index contributed by atoms with van der Waals surface area (Å²) in [7, 11) is -3.87. The van der Waals surface area contributed by atoms with Gasteiger partial charge < -0.3 is 9.64 Å². The van der Waals surface area contributed by atoms with Crippen LogP contribution in [0.3, 0.4) is 0 Å². The number of hydrogen-bond acceptors (Lipinski definition) is 4. The summed E-state index contributed by atoms with van der Waals surface area (Å²) in [5.41, 5.74) is 0.218. The maximum Gasteiger partial charge on any atom is 0.257 e. The monoisotopic (exact) mass is 424 g/mol. The topological polar surface area (TPSA) is 66.9 Å². The Morgan fingerprint density at radius 2 is 1.86 bits per heavy atom. The van der Waals surface area contributed by atoms with Crippen molar-refractivity contribution in [3.05, 3.63) is 65.2 Å². The highest BCUT2D eigenvalue weighted by Crippen LogP contribution is 2.22. The molecule has 1 heterocycles. The van der Waals surface area contributed by atoms with E-state index in [1.165, 1.54) is 27.4 Å². The van der Waals surface area contributed by atoms with Crippen molar-refractivity contribution < 1.29 is 26.7 Å². The van der Waals surface area contributed by atoms with Crippen LogP contribution in [0.2, 0.25) is 0 Å². The zero-order chi connectivity index (χ0) is 21.0. The third-order valence-electron chi connectivity index (χ3n) is 4.71. The molecule has 0 atom stereocenters. The second kappa shape index (κ2) is 8.98. The quantitative estimate of drug-likeness (QED) is 0.715. The van der Waals surface area contributed by atoms with Gasteiger partial charge in [-0.3, -0.25) is 4.79 Å². The van der Waals surface area contributed by atoms with Crippen molar-refractivity contribution in [2.75, 3.05) is 32.8 Å². The largest absolute Gasteiger partial charge is 0.379 e. The molecule has 0 spiro atoms. The summed E-state index contributed by atoms with van der Waals surface area (Å²) in [6.45, 7) is 2.99. The van der Waals surface area contributed by atoms with E-state index in [-0.39, 0.29) is 49.9 Å². The molecule has 1 aliphatic rings. The molecule has 0 unspecified atom stereocenters. The summed E-state index contributed by atoms with van der Waals surface area (Å²) in [5.74, 6) is -1.90. The van der Waals surface area contributed by atoms with E-state index in [2.05, 4.69) is 0 Å². The first-order chi connectivity index (χ1) is 13.8. The van der Waals surface area contributed by atoms with E-state index >= 15 is 0 Å². The highest BCUT2D eigenvalue weighted by molar-refractivity contribution is 7.89. The van der Waals surface area contributed by atoms with E-state index in [0.29, 0.717) is 5.56 Å². The molecule has 9 heteroatoms. The smallest absolute Gasteiger partial charge is 0.257 e. The van der Waals surface area contributed by atoms with Gasteiger partial charge in [-0.25, -0.2) is 17.2 Å². The first-order valence-corrected chi connectivity index (χ1v) is 10.7. The van der Waals surface area contributed by atoms with E-state index in [0.717, 1.165) is 18.2 Å². The standard InChI is InChI=1S/C20H22F2N2O4S/c1-2-23(14-15-4-3-5-16(21)12-15)20(25)18-13-17(6-7-19(18)22)29(26,27)24-8-10-28-11-9-24/h3-7,12-13H,2,8-11,14H2,1H3. The van der Waals surface area contributed by atoms with Gasteiger partial charge in [0.15, 0.2) is 0 Å². The third kappa shape index (κ3) is 4.80. The predicted molar refractivity (Wildman–Crippen MR) is 103 cm³/mol. The molecule has 0 saturated carbocycles. The SMILES string of the molecule is CCN(Cc1cccc(F)c1)C(=O)c1cc(S(=O)(=O)N2CCOCC2)ccc1F. The second-order valence-electron chi connectivity index (χ2n) is 6.61. The molecule has 0 bridgehead atoms. The Morgan fingerprint density at radius 1 is 1.14 bits per heavy atom. The van der Waals surface area contributed by atoms with Crippen molar-refractivity contribution in [1.82, 2.24) is 9.21 Å². The zero-order valence-electron chi connectivity index (χ0n) is 16.0. The number of carbonyl (C=O) groups excluding carboxylic acids is 1. The highest BCUT2D eigenvalue weighted by Gasteiger charge is 2.28. The van der Waals surface area contributed by atoms with Crippen LogP contribution in [0.5, 0.6) is 0 Å². The Kier molecular flexibility index (Phi) is 6.61. The van der Waals surface area contributed by atoms with Crippen LogP contribution in [-0.4, -0.2) is 56.4 Å². The minimum Gasteiger partial charge on any atom is -0.379 e. The number of sulfonamides is 1. The lowest BCUT2D eigenvalue weighted by Crippen LogP contribution is -2.40. The molecule has 0 radical (unpaired) electrons. The van der Waals surface area contributed by atoms with Gasteiger partial charge in [0.2, 0.25) is 10.0 Å². The van der Waals surface area contributed by atoms with Crippen LogP contribution in [-0.2, 0) is 21.3 Å². The van der Waals surface area contributed by atoms with Gasteiger partial charge in [-0.15, -0.1) is 0 Å². The van der Waals surface area contributed by atoms with Crippen LogP contribution in [0, 0.1) is 11.6 Å². The van der Waals surface area contributed by atoms with Crippen molar-refractivity contribution in [1.29, 1.82) is 0 Å². The lowest BCUT2D eigenvalue weighted by atomic mass is 10.1. The van der Waals surface area contributed by atoms with Gasteiger partial charge in [0.25, 0.3) is 5.91 Å². The predicted octanol–water partition coefficient (Wildman–Crippen LogP) is 2.65. The van der Waals surface area contributed by atoms with Gasteiger partial charge in [0.05, 0.1) is 23.7 Å². The van der Waals surface area contributed by atoms with Crippen LogP contribution in [0.1, 0.15) is 22.8 Å². The molecular weight excluding hydrogens is 402 g/mol. The number of benzene rings is 2. The van der Waals surface area contributed by atoms with Crippen LogP contribution < -0.4 is 0 Å². The van der Waals surface area contributed by atoms with E-state index in [1.54, 1.807) is 13.0 Å². The lowest BCUT2D eigenvalue weighted by Gasteiger charge is -2.26. The molecule has 2 aromatic rings. The number of carbonyl (C=O) groups is 1. The molecular formula is C20H22F2N2O4S. The first kappa shape index (κ1) is 21.4. The Bertz CT molecular complexity index is 992. The first-order valence-electron chi connectivity index (χ1n) is 9.24. The second-order valence-corrected chi connectivity index (χ2v) is 8.55. The molecule has 0 aliphatic carbocycles. The van der Waals surface area contributed by atoms with E-state index in [4.69, 9.17) is 4.74 Å². The minimum absolute atomic E-state index is 0.0764. The molecule has 1 fully saturated rings. The molecule has 29 heavy (non-hydrogen) atoms. The summed E-state index contributed by atoms with van der Waals surface area (Å²) in [6, 6.07) is 8.98. The summed E-state index contributed by atoms with van der Waals surface area (Å²) in [6.07, 6.45) is 0. The molecule has 0 N–H and O–H groups in total. The Hall–Kier alpha value is -2.36. The van der Waals surface area contributed by atoms with Crippen LogP contribution in [0.15, 0.2) is 47.4 Å². The van der Waals surface area contributed by atoms with Gasteiger partial charge in [0.1, 0.15) is 11.6 Å². The van der Waals surface area contributed by atoms with Gasteiger partial charge in [-0.05, 0) is 42.8 Å². The molecule has 156 valence electrons. The average Bonchev–Trinajstić information content (AvgIpc) is 2.72. The number of ether oxygens (including phenoxy) is 1. The number of rotatable bonds is 6. The van der Waals surface area contributed by atoms with Gasteiger partial charge in [-0.2, -0.15) is 4.31 Å². The minimum atomic E-state index is -3.87. The van der Waals surface area contributed by atoms with E-state index in [9.17, 15) is 22.0 Å². The van der Waals surface area contributed by atoms with Crippen molar-refractivity contribution in [3.63, 3.8) is 0 Å². The Balaban J connectivity index is 1.88.